The molecular weight excluding hydrogens is 429 g/mol. The molecule has 0 atom stereocenters. The maximum absolute atomic E-state index is 12.9. The Bertz CT molecular complexity index is 781. The molecular formula is C24H38FN3O3S. The Morgan fingerprint density at radius 3 is 2.50 bits per heavy atom. The number of nitrogens with zero attached hydrogens (tertiary/aromatic N) is 2. The zero-order valence-corrected chi connectivity index (χ0v) is 19.9. The molecule has 0 spiro atoms. The number of sulfonamides is 1. The van der Waals surface area contributed by atoms with Crippen LogP contribution in [0.25, 0.3) is 6.08 Å². The Balaban J connectivity index is 1.54. The zero-order valence-electron chi connectivity index (χ0n) is 19.1. The number of aromatic nitrogens is 1. The smallest absolute Gasteiger partial charge is 0.243 e. The molecule has 0 unspecified atom stereocenters. The fourth-order valence-electron chi connectivity index (χ4n) is 4.07. The van der Waals surface area contributed by atoms with E-state index >= 15 is 0 Å². The molecule has 1 fully saturated rings. The normalized spacial score (nSPS) is 15.4. The van der Waals surface area contributed by atoms with Gasteiger partial charge < -0.3 is 5.32 Å². The minimum atomic E-state index is -3.38. The summed E-state index contributed by atoms with van der Waals surface area (Å²) in [6, 6.07) is 3.71. The average molecular weight is 468 g/mol. The van der Waals surface area contributed by atoms with Crippen LogP contribution in [-0.2, 0) is 14.8 Å². The van der Waals surface area contributed by atoms with Crippen LogP contribution in [0.2, 0.25) is 0 Å². The standard InChI is InChI=1S/C24H38FN3O3S/c25-16-20-28(32(30,31)23-12-6-5-7-13-23)19-9-4-2-1-3-8-18-27-24(29)15-14-22-11-10-17-26-21-22/h10-11,14-15,17,21,23H,1-9,12-13,16,18-20H2,(H,27,29). The van der Waals surface area contributed by atoms with Crippen LogP contribution < -0.4 is 5.32 Å². The van der Waals surface area contributed by atoms with Crippen LogP contribution in [0.1, 0.15) is 76.2 Å². The van der Waals surface area contributed by atoms with Crippen molar-refractivity contribution in [2.24, 2.45) is 0 Å². The van der Waals surface area contributed by atoms with Gasteiger partial charge in [0.15, 0.2) is 0 Å². The molecule has 1 aliphatic rings. The Morgan fingerprint density at radius 1 is 1.09 bits per heavy atom. The van der Waals surface area contributed by atoms with Crippen molar-refractivity contribution in [1.82, 2.24) is 14.6 Å². The van der Waals surface area contributed by atoms with E-state index in [0.717, 1.165) is 63.4 Å². The van der Waals surface area contributed by atoms with Gasteiger partial charge in [0, 0.05) is 38.1 Å². The molecule has 1 amide bonds. The van der Waals surface area contributed by atoms with Crippen molar-refractivity contribution in [3.63, 3.8) is 0 Å². The molecule has 1 aliphatic carbocycles. The first-order chi connectivity index (χ1) is 15.5. The van der Waals surface area contributed by atoms with Gasteiger partial charge in [-0.15, -0.1) is 0 Å². The Hall–Kier alpha value is -1.80. The summed E-state index contributed by atoms with van der Waals surface area (Å²) < 4.78 is 40.0. The summed E-state index contributed by atoms with van der Waals surface area (Å²) in [5.41, 5.74) is 0.888. The number of rotatable bonds is 15. The molecule has 0 aliphatic heterocycles. The molecule has 32 heavy (non-hydrogen) atoms. The van der Waals surface area contributed by atoms with Crippen LogP contribution in [0.15, 0.2) is 30.6 Å². The van der Waals surface area contributed by atoms with Gasteiger partial charge in [0.2, 0.25) is 15.9 Å². The second kappa shape index (κ2) is 15.1. The molecule has 1 aromatic rings. The SMILES string of the molecule is O=C(C=Cc1cccnc1)NCCCCCCCCN(CCF)S(=O)(=O)C1CCCCC1. The molecule has 1 aromatic heterocycles. The van der Waals surface area contributed by atoms with Gasteiger partial charge >= 0.3 is 0 Å². The molecule has 8 heteroatoms. The number of unbranched alkanes of at least 4 members (excludes halogenated alkanes) is 5. The summed E-state index contributed by atoms with van der Waals surface area (Å²) in [6.07, 6.45) is 16.8. The van der Waals surface area contributed by atoms with Crippen molar-refractivity contribution < 1.29 is 17.6 Å². The van der Waals surface area contributed by atoms with E-state index in [-0.39, 0.29) is 17.7 Å². The van der Waals surface area contributed by atoms with E-state index < -0.39 is 16.7 Å². The fraction of sp³-hybridized carbons (Fsp3) is 0.667. The first kappa shape index (κ1) is 26.5. The van der Waals surface area contributed by atoms with E-state index in [2.05, 4.69) is 10.3 Å². The van der Waals surface area contributed by atoms with Gasteiger partial charge in [0.05, 0.1) is 5.25 Å². The highest BCUT2D eigenvalue weighted by atomic mass is 32.2. The number of hydrogen-bond acceptors (Lipinski definition) is 4. The van der Waals surface area contributed by atoms with Crippen molar-refractivity contribution in [1.29, 1.82) is 0 Å². The van der Waals surface area contributed by atoms with Crippen molar-refractivity contribution in [3.8, 4) is 0 Å². The van der Waals surface area contributed by atoms with Crippen LogP contribution in [-0.4, -0.2) is 55.2 Å². The molecule has 0 aromatic carbocycles. The Kier molecular flexibility index (Phi) is 12.5. The third-order valence-electron chi connectivity index (χ3n) is 5.91. The number of halogens is 1. The predicted octanol–water partition coefficient (Wildman–Crippen LogP) is 4.49. The number of alkyl halides is 1. The fourth-order valence-corrected chi connectivity index (χ4v) is 6.13. The highest BCUT2D eigenvalue weighted by Crippen LogP contribution is 2.26. The van der Waals surface area contributed by atoms with Crippen LogP contribution in [0, 0.1) is 0 Å². The molecule has 180 valence electrons. The highest BCUT2D eigenvalue weighted by Gasteiger charge is 2.32. The monoisotopic (exact) mass is 467 g/mol. The lowest BCUT2D eigenvalue weighted by molar-refractivity contribution is -0.116. The molecule has 1 heterocycles. The van der Waals surface area contributed by atoms with E-state index in [1.54, 1.807) is 18.5 Å². The van der Waals surface area contributed by atoms with Crippen LogP contribution >= 0.6 is 0 Å². The van der Waals surface area contributed by atoms with E-state index in [1.165, 1.54) is 10.4 Å². The average Bonchev–Trinajstić information content (AvgIpc) is 2.82. The summed E-state index contributed by atoms with van der Waals surface area (Å²) in [5.74, 6) is -0.110. The summed E-state index contributed by atoms with van der Waals surface area (Å²) in [5, 5.41) is 2.55. The first-order valence-electron chi connectivity index (χ1n) is 11.9. The summed E-state index contributed by atoms with van der Waals surface area (Å²) in [7, 11) is -3.38. The summed E-state index contributed by atoms with van der Waals surface area (Å²) >= 11 is 0. The second-order valence-corrected chi connectivity index (χ2v) is 10.6. The second-order valence-electron chi connectivity index (χ2n) is 8.43. The van der Waals surface area contributed by atoms with E-state index in [4.69, 9.17) is 0 Å². The minimum absolute atomic E-state index is 0.0201. The summed E-state index contributed by atoms with van der Waals surface area (Å²) in [6.45, 7) is 0.408. The molecule has 1 N–H and O–H groups in total. The minimum Gasteiger partial charge on any atom is -0.353 e. The highest BCUT2D eigenvalue weighted by molar-refractivity contribution is 7.89. The van der Waals surface area contributed by atoms with Crippen LogP contribution in [0.5, 0.6) is 0 Å². The van der Waals surface area contributed by atoms with Gasteiger partial charge in [-0.25, -0.2) is 12.8 Å². The van der Waals surface area contributed by atoms with Crippen molar-refractivity contribution in [2.75, 3.05) is 26.3 Å². The lowest BCUT2D eigenvalue weighted by Crippen LogP contribution is -2.41. The number of carbonyl (C=O) groups is 1. The number of carbonyl (C=O) groups excluding carboxylic acids is 1. The van der Waals surface area contributed by atoms with Gasteiger partial charge in [0.25, 0.3) is 0 Å². The largest absolute Gasteiger partial charge is 0.353 e. The van der Waals surface area contributed by atoms with Crippen LogP contribution in [0.4, 0.5) is 4.39 Å². The maximum atomic E-state index is 12.9. The topological polar surface area (TPSA) is 79.4 Å². The molecule has 0 bridgehead atoms. The van der Waals surface area contributed by atoms with E-state index in [0.29, 0.717) is 25.9 Å². The van der Waals surface area contributed by atoms with E-state index in [9.17, 15) is 17.6 Å². The van der Waals surface area contributed by atoms with Crippen LogP contribution in [0.3, 0.4) is 0 Å². The Morgan fingerprint density at radius 2 is 1.81 bits per heavy atom. The lowest BCUT2D eigenvalue weighted by Gasteiger charge is -2.29. The molecule has 6 nitrogen and oxygen atoms in total. The quantitative estimate of drug-likeness (QED) is 0.305. The number of pyridine rings is 1. The van der Waals surface area contributed by atoms with Gasteiger partial charge in [-0.05, 0) is 43.4 Å². The molecule has 1 saturated carbocycles. The first-order valence-corrected chi connectivity index (χ1v) is 13.4. The van der Waals surface area contributed by atoms with Gasteiger partial charge in [-0.3, -0.25) is 9.78 Å². The van der Waals surface area contributed by atoms with Crippen molar-refractivity contribution in [2.45, 2.75) is 75.9 Å². The lowest BCUT2D eigenvalue weighted by atomic mass is 10.0. The third-order valence-corrected chi connectivity index (χ3v) is 8.31. The Labute approximate surface area is 192 Å². The molecule has 0 radical (unpaired) electrons. The van der Waals surface area contributed by atoms with Gasteiger partial charge in [-0.2, -0.15) is 4.31 Å². The number of amides is 1. The zero-order chi connectivity index (χ0) is 23.1. The van der Waals surface area contributed by atoms with E-state index in [1.807, 2.05) is 12.1 Å². The molecule has 0 saturated heterocycles. The predicted molar refractivity (Wildman–Crippen MR) is 127 cm³/mol. The summed E-state index contributed by atoms with van der Waals surface area (Å²) in [4.78, 5) is 15.8. The maximum Gasteiger partial charge on any atom is 0.243 e. The van der Waals surface area contributed by atoms with Gasteiger partial charge in [0.1, 0.15) is 6.67 Å². The van der Waals surface area contributed by atoms with Crippen molar-refractivity contribution in [3.05, 3.63) is 36.2 Å². The van der Waals surface area contributed by atoms with Crippen molar-refractivity contribution >= 4 is 22.0 Å². The third kappa shape index (κ3) is 9.77. The number of hydrogen-bond donors (Lipinski definition) is 1. The number of nitrogens with one attached hydrogen (secondary N) is 1. The molecule has 2 rings (SSSR count). The van der Waals surface area contributed by atoms with Gasteiger partial charge in [-0.1, -0.05) is 51.0 Å².